The predicted octanol–water partition coefficient (Wildman–Crippen LogP) is 3.97. The van der Waals surface area contributed by atoms with Gasteiger partial charge in [0.25, 0.3) is 0 Å². The molecule has 1 heterocycles. The quantitative estimate of drug-likeness (QED) is 0.605. The summed E-state index contributed by atoms with van der Waals surface area (Å²) in [5.41, 5.74) is 0. The molecule has 0 saturated heterocycles. The summed E-state index contributed by atoms with van der Waals surface area (Å²) in [6, 6.07) is 6.20. The fourth-order valence-corrected chi connectivity index (χ4v) is 3.73. The third kappa shape index (κ3) is 3.55. The largest absolute Gasteiger partial charge is 0.486 e. The molecule has 4 heteroatoms. The van der Waals surface area contributed by atoms with E-state index in [1.165, 1.54) is 11.3 Å². The second-order valence-corrected chi connectivity index (χ2v) is 5.79. The predicted molar refractivity (Wildman–Crippen MR) is 75.7 cm³/mol. The molecule has 1 unspecified atom stereocenters. The van der Waals surface area contributed by atoms with E-state index in [1.54, 1.807) is 0 Å². The summed E-state index contributed by atoms with van der Waals surface area (Å²) in [6.07, 6.45) is 1.21. The number of hydrogen-bond acceptors (Lipinski definition) is 3. The first-order valence-electron chi connectivity index (χ1n) is 5.92. The summed E-state index contributed by atoms with van der Waals surface area (Å²) in [4.78, 5) is 1.26. The van der Waals surface area contributed by atoms with Crippen molar-refractivity contribution >= 4 is 27.7 Å². The van der Waals surface area contributed by atoms with Gasteiger partial charge in [-0.25, -0.2) is 0 Å². The molecule has 0 saturated carbocycles. The zero-order chi connectivity index (χ0) is 12.1. The van der Waals surface area contributed by atoms with Crippen molar-refractivity contribution in [1.29, 1.82) is 0 Å². The molecule has 2 rings (SSSR count). The van der Waals surface area contributed by atoms with Crippen LogP contribution in [0.2, 0.25) is 0 Å². The number of hydrogen-bond donors (Lipinski definition) is 0. The van der Waals surface area contributed by atoms with E-state index in [0.29, 0.717) is 13.2 Å². The minimum atomic E-state index is 0.653. The minimum Gasteiger partial charge on any atom is -0.486 e. The van der Waals surface area contributed by atoms with E-state index in [1.807, 2.05) is 17.8 Å². The van der Waals surface area contributed by atoms with Crippen LogP contribution in [0.5, 0.6) is 11.5 Å². The maximum Gasteiger partial charge on any atom is 0.162 e. The van der Waals surface area contributed by atoms with Crippen molar-refractivity contribution in [3.05, 3.63) is 18.2 Å². The number of ether oxygens (including phenoxy) is 2. The molecule has 1 aliphatic rings. The molecule has 94 valence electrons. The van der Waals surface area contributed by atoms with Crippen LogP contribution in [-0.2, 0) is 0 Å². The van der Waals surface area contributed by atoms with Crippen molar-refractivity contribution in [2.45, 2.75) is 18.2 Å². The molecule has 0 amide bonds. The summed E-state index contributed by atoms with van der Waals surface area (Å²) < 4.78 is 11.1. The molecule has 0 radical (unpaired) electrons. The Bertz CT molecular complexity index is 366. The Morgan fingerprint density at radius 1 is 1.29 bits per heavy atom. The number of fused-ring (bicyclic) bond motifs is 1. The third-order valence-electron chi connectivity index (χ3n) is 2.79. The highest BCUT2D eigenvalue weighted by atomic mass is 79.9. The van der Waals surface area contributed by atoms with E-state index >= 15 is 0 Å². The molecule has 17 heavy (non-hydrogen) atoms. The standard InChI is InChI=1S/C13H17BrO2S/c1-2-10(8-14)9-17-11-3-4-12-13(7-11)16-6-5-15-12/h3-4,7,10H,2,5-6,8-9H2,1H3. The maximum atomic E-state index is 5.58. The van der Waals surface area contributed by atoms with Gasteiger partial charge in [-0.05, 0) is 24.1 Å². The van der Waals surface area contributed by atoms with Gasteiger partial charge >= 0.3 is 0 Å². The minimum absolute atomic E-state index is 0.653. The van der Waals surface area contributed by atoms with Crippen molar-refractivity contribution in [3.63, 3.8) is 0 Å². The van der Waals surface area contributed by atoms with Gasteiger partial charge in [-0.3, -0.25) is 0 Å². The van der Waals surface area contributed by atoms with E-state index < -0.39 is 0 Å². The number of halogens is 1. The summed E-state index contributed by atoms with van der Waals surface area (Å²) in [7, 11) is 0. The van der Waals surface area contributed by atoms with Crippen LogP contribution >= 0.6 is 27.7 Å². The van der Waals surface area contributed by atoms with Crippen LogP contribution in [0.1, 0.15) is 13.3 Å². The van der Waals surface area contributed by atoms with Crippen LogP contribution in [0.3, 0.4) is 0 Å². The lowest BCUT2D eigenvalue weighted by Crippen LogP contribution is -2.15. The second-order valence-electron chi connectivity index (χ2n) is 4.05. The average Bonchev–Trinajstić information content (AvgIpc) is 2.40. The van der Waals surface area contributed by atoms with Gasteiger partial charge in [0.2, 0.25) is 0 Å². The van der Waals surface area contributed by atoms with Crippen molar-refractivity contribution < 1.29 is 9.47 Å². The summed E-state index contributed by atoms with van der Waals surface area (Å²) >= 11 is 5.44. The smallest absolute Gasteiger partial charge is 0.162 e. The Labute approximate surface area is 115 Å². The molecule has 0 spiro atoms. The third-order valence-corrected chi connectivity index (χ3v) is 4.94. The van der Waals surface area contributed by atoms with E-state index in [-0.39, 0.29) is 0 Å². The number of rotatable bonds is 5. The van der Waals surface area contributed by atoms with Gasteiger partial charge in [0.1, 0.15) is 13.2 Å². The molecule has 2 nitrogen and oxygen atoms in total. The molecule has 0 aromatic heterocycles. The molecule has 0 N–H and O–H groups in total. The lowest BCUT2D eigenvalue weighted by atomic mass is 10.2. The van der Waals surface area contributed by atoms with E-state index in [2.05, 4.69) is 35.0 Å². The van der Waals surface area contributed by atoms with Gasteiger partial charge in [0, 0.05) is 16.0 Å². The van der Waals surface area contributed by atoms with E-state index in [9.17, 15) is 0 Å². The fraction of sp³-hybridized carbons (Fsp3) is 0.538. The highest BCUT2D eigenvalue weighted by Gasteiger charge is 2.12. The highest BCUT2D eigenvalue weighted by molar-refractivity contribution is 9.09. The van der Waals surface area contributed by atoms with Crippen LogP contribution in [0, 0.1) is 5.92 Å². The molecule has 0 bridgehead atoms. The van der Waals surface area contributed by atoms with Crippen molar-refractivity contribution in [1.82, 2.24) is 0 Å². The Hall–Kier alpha value is -0.350. The molecular weight excluding hydrogens is 300 g/mol. The number of benzene rings is 1. The Morgan fingerprint density at radius 3 is 2.76 bits per heavy atom. The topological polar surface area (TPSA) is 18.5 Å². The Balaban J connectivity index is 1.97. The van der Waals surface area contributed by atoms with Crippen LogP contribution in [-0.4, -0.2) is 24.3 Å². The monoisotopic (exact) mass is 316 g/mol. The number of alkyl halides is 1. The van der Waals surface area contributed by atoms with Gasteiger partial charge in [0.05, 0.1) is 0 Å². The zero-order valence-electron chi connectivity index (χ0n) is 9.95. The van der Waals surface area contributed by atoms with Crippen LogP contribution in [0.15, 0.2) is 23.1 Å². The normalized spacial score (nSPS) is 15.6. The second kappa shape index (κ2) is 6.55. The van der Waals surface area contributed by atoms with Gasteiger partial charge in [0.15, 0.2) is 11.5 Å². The Morgan fingerprint density at radius 2 is 2.06 bits per heavy atom. The summed E-state index contributed by atoms with van der Waals surface area (Å²) in [5, 5.41) is 1.07. The van der Waals surface area contributed by atoms with E-state index in [4.69, 9.17) is 9.47 Å². The zero-order valence-corrected chi connectivity index (χ0v) is 12.4. The molecule has 0 aliphatic carbocycles. The highest BCUT2D eigenvalue weighted by Crippen LogP contribution is 2.34. The SMILES string of the molecule is CCC(CBr)CSc1ccc2c(c1)OCCO2. The van der Waals surface area contributed by atoms with Crippen molar-refractivity contribution in [2.75, 3.05) is 24.3 Å². The van der Waals surface area contributed by atoms with Crippen LogP contribution in [0.4, 0.5) is 0 Å². The molecular formula is C13H17BrO2S. The lowest BCUT2D eigenvalue weighted by molar-refractivity contribution is 0.171. The molecule has 1 aromatic carbocycles. The van der Waals surface area contributed by atoms with Gasteiger partial charge in [-0.1, -0.05) is 29.3 Å². The molecule has 1 atom stereocenters. The first-order chi connectivity index (χ1) is 8.33. The molecule has 1 aromatic rings. The van der Waals surface area contributed by atoms with Gasteiger partial charge < -0.3 is 9.47 Å². The molecule has 1 aliphatic heterocycles. The Kier molecular flexibility index (Phi) is 5.04. The van der Waals surface area contributed by atoms with Gasteiger partial charge in [-0.15, -0.1) is 11.8 Å². The van der Waals surface area contributed by atoms with E-state index in [0.717, 1.165) is 28.5 Å². The summed E-state index contributed by atoms with van der Waals surface area (Å²) in [5.74, 6) is 3.62. The fourth-order valence-electron chi connectivity index (χ4n) is 1.60. The van der Waals surface area contributed by atoms with Crippen molar-refractivity contribution in [2.24, 2.45) is 5.92 Å². The van der Waals surface area contributed by atoms with Crippen molar-refractivity contribution in [3.8, 4) is 11.5 Å². The van der Waals surface area contributed by atoms with Crippen LogP contribution in [0.25, 0.3) is 0 Å². The van der Waals surface area contributed by atoms with Crippen LogP contribution < -0.4 is 9.47 Å². The lowest BCUT2D eigenvalue weighted by Gasteiger charge is -2.19. The summed E-state index contributed by atoms with van der Waals surface area (Å²) in [6.45, 7) is 3.54. The first-order valence-corrected chi connectivity index (χ1v) is 8.02. The maximum absolute atomic E-state index is 5.58. The van der Waals surface area contributed by atoms with Gasteiger partial charge in [-0.2, -0.15) is 0 Å². The average molecular weight is 317 g/mol. The number of thioether (sulfide) groups is 1. The first kappa shape index (κ1) is 13.1. The molecule has 0 fully saturated rings.